The standard InChI is InChI=1S/C7H7NO2.BH2O2/c1-6-3-2-4-7(5-6)8(9)10;2-1-3/h2-5H,1H3;2-3H. The van der Waals surface area contributed by atoms with E-state index in [9.17, 15) is 10.1 Å². The van der Waals surface area contributed by atoms with Gasteiger partial charge >= 0.3 is 7.69 Å². The third kappa shape index (κ3) is 4.94. The molecule has 13 heavy (non-hydrogen) atoms. The van der Waals surface area contributed by atoms with Crippen molar-refractivity contribution in [3.63, 3.8) is 0 Å². The highest BCUT2D eigenvalue weighted by molar-refractivity contribution is 6.13. The van der Waals surface area contributed by atoms with E-state index in [1.165, 1.54) is 6.07 Å². The third-order valence-corrected chi connectivity index (χ3v) is 1.21. The molecule has 0 saturated heterocycles. The molecule has 2 N–H and O–H groups in total. The summed E-state index contributed by atoms with van der Waals surface area (Å²) >= 11 is 0. The zero-order valence-electron chi connectivity index (χ0n) is 7.04. The van der Waals surface area contributed by atoms with Gasteiger partial charge in [0.2, 0.25) is 0 Å². The highest BCUT2D eigenvalue weighted by Gasteiger charge is 2.01. The van der Waals surface area contributed by atoms with Crippen molar-refractivity contribution in [1.82, 2.24) is 0 Å². The maximum absolute atomic E-state index is 10.2. The molecular formula is C7H9BNO4. The van der Waals surface area contributed by atoms with Gasteiger partial charge in [-0.25, -0.2) is 0 Å². The molecule has 0 heterocycles. The first-order valence-corrected chi connectivity index (χ1v) is 3.43. The molecule has 1 radical (unpaired) electrons. The van der Waals surface area contributed by atoms with Gasteiger partial charge in [0.05, 0.1) is 4.92 Å². The van der Waals surface area contributed by atoms with E-state index in [2.05, 4.69) is 0 Å². The van der Waals surface area contributed by atoms with Crippen molar-refractivity contribution in [3.05, 3.63) is 39.9 Å². The van der Waals surface area contributed by atoms with E-state index in [0.29, 0.717) is 0 Å². The lowest BCUT2D eigenvalue weighted by molar-refractivity contribution is -0.384. The Morgan fingerprint density at radius 1 is 1.46 bits per heavy atom. The fraction of sp³-hybridized carbons (Fsp3) is 0.143. The summed E-state index contributed by atoms with van der Waals surface area (Å²) in [5, 5.41) is 24.2. The van der Waals surface area contributed by atoms with E-state index in [1.807, 2.05) is 13.0 Å². The van der Waals surface area contributed by atoms with Crippen LogP contribution in [0, 0.1) is 17.0 Å². The average Bonchev–Trinajstić information content (AvgIpc) is 2.05. The molecule has 6 heteroatoms. The summed E-state index contributed by atoms with van der Waals surface area (Å²) in [5.41, 5.74) is 1.06. The van der Waals surface area contributed by atoms with Crippen molar-refractivity contribution in [2.24, 2.45) is 0 Å². The van der Waals surface area contributed by atoms with Crippen LogP contribution in [0.2, 0.25) is 0 Å². The molecule has 0 aliphatic heterocycles. The molecule has 0 aliphatic rings. The molecule has 0 fully saturated rings. The molecule has 0 aromatic heterocycles. The van der Waals surface area contributed by atoms with Gasteiger partial charge in [0.25, 0.3) is 5.69 Å². The number of nitro benzene ring substituents is 1. The number of benzene rings is 1. The Hall–Kier alpha value is -1.40. The second-order valence-corrected chi connectivity index (χ2v) is 2.21. The summed E-state index contributed by atoms with van der Waals surface area (Å²) in [6, 6.07) is 6.52. The zero-order valence-corrected chi connectivity index (χ0v) is 7.04. The van der Waals surface area contributed by atoms with Gasteiger partial charge in [-0.05, 0) is 12.5 Å². The van der Waals surface area contributed by atoms with Crippen LogP contribution in [-0.4, -0.2) is 22.7 Å². The van der Waals surface area contributed by atoms with Gasteiger partial charge in [0.15, 0.2) is 0 Å². The lowest BCUT2D eigenvalue weighted by Crippen LogP contribution is -1.86. The molecule has 5 nitrogen and oxygen atoms in total. The lowest BCUT2D eigenvalue weighted by atomic mass is 10.2. The van der Waals surface area contributed by atoms with Gasteiger partial charge in [-0.2, -0.15) is 0 Å². The number of rotatable bonds is 1. The van der Waals surface area contributed by atoms with Crippen LogP contribution in [0.3, 0.4) is 0 Å². The van der Waals surface area contributed by atoms with Crippen LogP contribution < -0.4 is 0 Å². The first kappa shape index (κ1) is 11.6. The summed E-state index contributed by atoms with van der Waals surface area (Å²) in [4.78, 5) is 9.76. The Kier molecular flexibility index (Phi) is 5.50. The second kappa shape index (κ2) is 6.16. The SMILES string of the molecule is Cc1cccc([N+](=O)[O-])c1.O[B]O. The monoisotopic (exact) mass is 182 g/mol. The van der Waals surface area contributed by atoms with Crippen molar-refractivity contribution in [1.29, 1.82) is 0 Å². The Labute approximate surface area is 76.1 Å². The lowest BCUT2D eigenvalue weighted by Gasteiger charge is -1.90. The molecule has 0 atom stereocenters. The van der Waals surface area contributed by atoms with Crippen LogP contribution in [0.1, 0.15) is 5.56 Å². The van der Waals surface area contributed by atoms with Gasteiger partial charge in [0.1, 0.15) is 0 Å². The summed E-state index contributed by atoms with van der Waals surface area (Å²) in [6.45, 7) is 1.83. The first-order chi connectivity index (χ1) is 6.11. The average molecular weight is 182 g/mol. The molecule has 1 aromatic carbocycles. The maximum atomic E-state index is 10.2. The van der Waals surface area contributed by atoms with Gasteiger partial charge in [-0.3, -0.25) is 10.1 Å². The highest BCUT2D eigenvalue weighted by atomic mass is 16.6. The zero-order chi connectivity index (χ0) is 10.3. The van der Waals surface area contributed by atoms with Crippen LogP contribution in [0.25, 0.3) is 0 Å². The van der Waals surface area contributed by atoms with Crippen LogP contribution in [-0.2, 0) is 0 Å². The largest absolute Gasteiger partial charge is 0.482 e. The number of nitro groups is 1. The van der Waals surface area contributed by atoms with E-state index in [-0.39, 0.29) is 13.4 Å². The molecule has 0 saturated carbocycles. The first-order valence-electron chi connectivity index (χ1n) is 3.43. The molecule has 0 spiro atoms. The van der Waals surface area contributed by atoms with Crippen LogP contribution >= 0.6 is 0 Å². The highest BCUT2D eigenvalue weighted by Crippen LogP contribution is 2.11. The normalized spacial score (nSPS) is 8.23. The third-order valence-electron chi connectivity index (χ3n) is 1.21. The Balaban J connectivity index is 0.000000424. The summed E-state index contributed by atoms with van der Waals surface area (Å²) < 4.78 is 0. The van der Waals surface area contributed by atoms with E-state index in [1.54, 1.807) is 12.1 Å². The Bertz CT molecular complexity index is 279. The Morgan fingerprint density at radius 2 is 2.00 bits per heavy atom. The van der Waals surface area contributed by atoms with Crippen molar-refractivity contribution < 1.29 is 15.0 Å². The fourth-order valence-electron chi connectivity index (χ4n) is 0.742. The number of hydrogen-bond acceptors (Lipinski definition) is 4. The van der Waals surface area contributed by atoms with Gasteiger partial charge in [0, 0.05) is 12.1 Å². The van der Waals surface area contributed by atoms with Crippen LogP contribution in [0.5, 0.6) is 0 Å². The summed E-state index contributed by atoms with van der Waals surface area (Å²) in [5.74, 6) is 0. The van der Waals surface area contributed by atoms with Crippen LogP contribution in [0.15, 0.2) is 24.3 Å². The topological polar surface area (TPSA) is 83.6 Å². The minimum Gasteiger partial charge on any atom is -0.429 e. The Morgan fingerprint density at radius 3 is 2.31 bits per heavy atom. The quantitative estimate of drug-likeness (QED) is 0.374. The number of nitrogens with zero attached hydrogens (tertiary/aromatic N) is 1. The molecular weight excluding hydrogens is 173 g/mol. The molecule has 69 valence electrons. The number of hydrogen-bond donors (Lipinski definition) is 2. The van der Waals surface area contributed by atoms with Crippen LogP contribution in [0.4, 0.5) is 5.69 Å². The molecule has 0 aliphatic carbocycles. The fourth-order valence-corrected chi connectivity index (χ4v) is 0.742. The minimum absolute atomic E-state index is 0. The summed E-state index contributed by atoms with van der Waals surface area (Å²) in [6.07, 6.45) is 0. The smallest absolute Gasteiger partial charge is 0.429 e. The van der Waals surface area contributed by atoms with Crippen molar-refractivity contribution in [2.45, 2.75) is 6.92 Å². The molecule has 1 aromatic rings. The predicted molar refractivity (Wildman–Crippen MR) is 48.0 cm³/mol. The number of non-ortho nitro benzene ring substituents is 1. The maximum Gasteiger partial charge on any atom is 0.482 e. The molecule has 0 unspecified atom stereocenters. The molecule has 1 rings (SSSR count). The van der Waals surface area contributed by atoms with Crippen molar-refractivity contribution >= 4 is 13.4 Å². The number of aryl methyl sites for hydroxylation is 1. The molecule has 0 bridgehead atoms. The minimum atomic E-state index is -0.396. The predicted octanol–water partition coefficient (Wildman–Crippen LogP) is 0.408. The van der Waals surface area contributed by atoms with Gasteiger partial charge < -0.3 is 10.0 Å². The van der Waals surface area contributed by atoms with E-state index in [0.717, 1.165) is 5.56 Å². The van der Waals surface area contributed by atoms with E-state index < -0.39 is 4.92 Å². The summed E-state index contributed by atoms with van der Waals surface area (Å²) in [7, 11) is 0. The van der Waals surface area contributed by atoms with E-state index in [4.69, 9.17) is 10.0 Å². The molecule has 0 amide bonds. The van der Waals surface area contributed by atoms with E-state index >= 15 is 0 Å². The second-order valence-electron chi connectivity index (χ2n) is 2.21. The van der Waals surface area contributed by atoms with Gasteiger partial charge in [-0.1, -0.05) is 12.1 Å². The van der Waals surface area contributed by atoms with Crippen molar-refractivity contribution in [2.75, 3.05) is 0 Å². The van der Waals surface area contributed by atoms with Gasteiger partial charge in [-0.15, -0.1) is 0 Å². The van der Waals surface area contributed by atoms with Crippen molar-refractivity contribution in [3.8, 4) is 0 Å².